The van der Waals surface area contributed by atoms with E-state index in [1.54, 1.807) is 30.6 Å². The van der Waals surface area contributed by atoms with E-state index in [1.165, 1.54) is 20.3 Å². The average Bonchev–Trinajstić information content (AvgIpc) is 2.75. The minimum atomic E-state index is -0.958. The first-order valence-electron chi connectivity index (χ1n) is 8.65. The van der Waals surface area contributed by atoms with Crippen LogP contribution in [0, 0.1) is 11.6 Å². The van der Waals surface area contributed by atoms with Gasteiger partial charge in [0.15, 0.2) is 29.0 Å². The van der Waals surface area contributed by atoms with E-state index < -0.39 is 11.6 Å². The third-order valence-corrected chi connectivity index (χ3v) is 4.30. The van der Waals surface area contributed by atoms with Crippen molar-refractivity contribution in [1.82, 2.24) is 15.0 Å². The Morgan fingerprint density at radius 1 is 0.897 bits per heavy atom. The van der Waals surface area contributed by atoms with Crippen molar-refractivity contribution in [3.8, 4) is 22.9 Å². The molecule has 0 spiro atoms. The van der Waals surface area contributed by atoms with Gasteiger partial charge in [-0.1, -0.05) is 0 Å². The van der Waals surface area contributed by atoms with E-state index in [2.05, 4.69) is 20.3 Å². The number of hydrogen-bond acceptors (Lipinski definition) is 6. The second-order valence-electron chi connectivity index (χ2n) is 6.12. The minimum absolute atomic E-state index is 0.343. The summed E-state index contributed by atoms with van der Waals surface area (Å²) in [4.78, 5) is 13.3. The maximum Gasteiger partial charge on any atom is 0.163 e. The smallest absolute Gasteiger partial charge is 0.163 e. The number of pyridine rings is 1. The Morgan fingerprint density at radius 3 is 2.38 bits per heavy atom. The lowest BCUT2D eigenvalue weighted by atomic mass is 10.1. The molecule has 8 heteroatoms. The van der Waals surface area contributed by atoms with Crippen LogP contribution in [0.4, 0.5) is 20.3 Å². The summed E-state index contributed by atoms with van der Waals surface area (Å²) in [6.45, 7) is 0. The molecule has 0 fully saturated rings. The highest BCUT2D eigenvalue weighted by atomic mass is 19.2. The van der Waals surface area contributed by atoms with Crippen LogP contribution in [0.25, 0.3) is 22.3 Å². The molecule has 2 heterocycles. The summed E-state index contributed by atoms with van der Waals surface area (Å²) in [5.41, 5.74) is 1.63. The number of rotatable bonds is 5. The molecule has 0 saturated carbocycles. The average molecular weight is 394 g/mol. The van der Waals surface area contributed by atoms with Crippen LogP contribution >= 0.6 is 0 Å². The highest BCUT2D eigenvalue weighted by Crippen LogP contribution is 2.36. The number of halogens is 2. The number of nitrogens with zero attached hydrogens (tertiary/aromatic N) is 3. The first-order chi connectivity index (χ1) is 14.1. The molecule has 2 aromatic heterocycles. The van der Waals surface area contributed by atoms with E-state index >= 15 is 0 Å². The molecule has 0 amide bonds. The summed E-state index contributed by atoms with van der Waals surface area (Å²) >= 11 is 0. The van der Waals surface area contributed by atoms with Crippen LogP contribution in [0.15, 0.2) is 54.9 Å². The standard InChI is InChI=1S/C21H16F2N4O2/c1-28-18-9-14-17(10-19(18)29-2)26-20(12-4-3-7-24-11-12)27-21(14)25-13-5-6-15(22)16(23)8-13/h3-11H,1-2H3,(H,25,26,27). The molecular weight excluding hydrogens is 378 g/mol. The summed E-state index contributed by atoms with van der Waals surface area (Å²) in [6.07, 6.45) is 3.29. The Balaban J connectivity index is 1.92. The van der Waals surface area contributed by atoms with Crippen LogP contribution in [0.2, 0.25) is 0 Å². The fourth-order valence-electron chi connectivity index (χ4n) is 2.89. The van der Waals surface area contributed by atoms with Crippen molar-refractivity contribution in [3.05, 3.63) is 66.5 Å². The van der Waals surface area contributed by atoms with E-state index in [9.17, 15) is 8.78 Å². The molecule has 0 bridgehead atoms. The molecule has 1 N–H and O–H groups in total. The summed E-state index contributed by atoms with van der Waals surface area (Å²) < 4.78 is 37.7. The molecule has 146 valence electrons. The van der Waals surface area contributed by atoms with Crippen molar-refractivity contribution in [2.75, 3.05) is 19.5 Å². The third-order valence-electron chi connectivity index (χ3n) is 4.30. The van der Waals surface area contributed by atoms with Gasteiger partial charge in [0.2, 0.25) is 0 Å². The van der Waals surface area contributed by atoms with Gasteiger partial charge in [-0.3, -0.25) is 4.98 Å². The van der Waals surface area contributed by atoms with Gasteiger partial charge in [0, 0.05) is 41.2 Å². The highest BCUT2D eigenvalue weighted by molar-refractivity contribution is 5.94. The number of aromatic nitrogens is 3. The van der Waals surface area contributed by atoms with Crippen LogP contribution in [0.3, 0.4) is 0 Å². The number of anilines is 2. The molecule has 0 saturated heterocycles. The molecule has 0 aliphatic rings. The van der Waals surface area contributed by atoms with Gasteiger partial charge >= 0.3 is 0 Å². The Kier molecular flexibility index (Phi) is 4.90. The monoisotopic (exact) mass is 394 g/mol. The summed E-state index contributed by atoms with van der Waals surface area (Å²) in [5.74, 6) is -0.0601. The maximum atomic E-state index is 13.7. The van der Waals surface area contributed by atoms with E-state index in [1.807, 2.05) is 6.07 Å². The van der Waals surface area contributed by atoms with E-state index in [4.69, 9.17) is 9.47 Å². The highest BCUT2D eigenvalue weighted by Gasteiger charge is 2.15. The zero-order valence-electron chi connectivity index (χ0n) is 15.6. The number of ether oxygens (including phenoxy) is 2. The molecule has 29 heavy (non-hydrogen) atoms. The van der Waals surface area contributed by atoms with Crippen molar-refractivity contribution < 1.29 is 18.3 Å². The Hall–Kier alpha value is -3.81. The topological polar surface area (TPSA) is 69.2 Å². The second kappa shape index (κ2) is 7.67. The first kappa shape index (κ1) is 18.5. The van der Waals surface area contributed by atoms with E-state index in [0.717, 1.165) is 12.1 Å². The lowest BCUT2D eigenvalue weighted by molar-refractivity contribution is 0.356. The SMILES string of the molecule is COc1cc2nc(-c3cccnc3)nc(Nc3ccc(F)c(F)c3)c2cc1OC. The van der Waals surface area contributed by atoms with E-state index in [0.29, 0.717) is 45.3 Å². The molecule has 4 aromatic rings. The molecule has 0 aliphatic carbocycles. The summed E-state index contributed by atoms with van der Waals surface area (Å²) in [5, 5.41) is 3.66. The molecule has 0 aliphatic heterocycles. The zero-order chi connectivity index (χ0) is 20.4. The Labute approximate surface area is 165 Å². The fraction of sp³-hybridized carbons (Fsp3) is 0.0952. The summed E-state index contributed by atoms with van der Waals surface area (Å²) in [7, 11) is 3.06. The molecule has 0 atom stereocenters. The minimum Gasteiger partial charge on any atom is -0.493 e. The van der Waals surface area contributed by atoms with Crippen LogP contribution in [0.5, 0.6) is 11.5 Å². The van der Waals surface area contributed by atoms with Gasteiger partial charge in [0.25, 0.3) is 0 Å². The molecule has 2 aromatic carbocycles. The number of benzene rings is 2. The largest absolute Gasteiger partial charge is 0.493 e. The quantitative estimate of drug-likeness (QED) is 0.528. The van der Waals surface area contributed by atoms with Crippen molar-refractivity contribution >= 4 is 22.4 Å². The Bertz CT molecular complexity index is 1190. The number of hydrogen-bond donors (Lipinski definition) is 1. The predicted octanol–water partition coefficient (Wildman–Crippen LogP) is 4.73. The number of nitrogens with one attached hydrogen (secondary N) is 1. The fourth-order valence-corrected chi connectivity index (χ4v) is 2.89. The lowest BCUT2D eigenvalue weighted by Gasteiger charge is -2.14. The van der Waals surface area contributed by atoms with Gasteiger partial charge in [-0.2, -0.15) is 0 Å². The van der Waals surface area contributed by atoms with Crippen LogP contribution in [-0.4, -0.2) is 29.2 Å². The van der Waals surface area contributed by atoms with Gasteiger partial charge in [-0.25, -0.2) is 18.7 Å². The van der Waals surface area contributed by atoms with Gasteiger partial charge in [0.05, 0.1) is 19.7 Å². The Morgan fingerprint density at radius 2 is 1.69 bits per heavy atom. The molecule has 4 rings (SSSR count). The number of fused-ring (bicyclic) bond motifs is 1. The lowest BCUT2D eigenvalue weighted by Crippen LogP contribution is -2.01. The van der Waals surface area contributed by atoms with Crippen LogP contribution < -0.4 is 14.8 Å². The van der Waals surface area contributed by atoms with Crippen molar-refractivity contribution in [2.24, 2.45) is 0 Å². The predicted molar refractivity (Wildman–Crippen MR) is 106 cm³/mol. The molecule has 6 nitrogen and oxygen atoms in total. The van der Waals surface area contributed by atoms with Gasteiger partial charge in [0.1, 0.15) is 5.82 Å². The van der Waals surface area contributed by atoms with Crippen LogP contribution in [0.1, 0.15) is 0 Å². The van der Waals surface area contributed by atoms with Gasteiger partial charge in [-0.15, -0.1) is 0 Å². The van der Waals surface area contributed by atoms with Crippen molar-refractivity contribution in [2.45, 2.75) is 0 Å². The number of methoxy groups -OCH3 is 2. The third kappa shape index (κ3) is 3.64. The normalized spacial score (nSPS) is 10.8. The van der Waals surface area contributed by atoms with Crippen molar-refractivity contribution in [1.29, 1.82) is 0 Å². The van der Waals surface area contributed by atoms with Crippen molar-refractivity contribution in [3.63, 3.8) is 0 Å². The van der Waals surface area contributed by atoms with Crippen LogP contribution in [-0.2, 0) is 0 Å². The molecule has 0 radical (unpaired) electrons. The first-order valence-corrected chi connectivity index (χ1v) is 8.65. The second-order valence-corrected chi connectivity index (χ2v) is 6.12. The molecular formula is C21H16F2N4O2. The summed E-state index contributed by atoms with van der Waals surface area (Å²) in [6, 6.07) is 10.6. The zero-order valence-corrected chi connectivity index (χ0v) is 15.6. The van der Waals surface area contributed by atoms with Gasteiger partial charge < -0.3 is 14.8 Å². The van der Waals surface area contributed by atoms with Gasteiger partial charge in [-0.05, 0) is 30.3 Å². The maximum absolute atomic E-state index is 13.7. The molecule has 0 unspecified atom stereocenters. The van der Waals surface area contributed by atoms with E-state index in [-0.39, 0.29) is 0 Å².